The number of thiophene rings is 1. The van der Waals surface area contributed by atoms with Gasteiger partial charge in [0.2, 0.25) is 0 Å². The molecule has 0 amide bonds. The number of H-pyrrole nitrogens is 1. The van der Waals surface area contributed by atoms with Gasteiger partial charge in [0.05, 0.1) is 10.8 Å². The van der Waals surface area contributed by atoms with Gasteiger partial charge in [-0.1, -0.05) is 27.7 Å². The lowest BCUT2D eigenvalue weighted by atomic mass is 9.87. The fourth-order valence-corrected chi connectivity index (χ4v) is 3.13. The van der Waals surface area contributed by atoms with Crippen molar-refractivity contribution in [2.45, 2.75) is 44.9 Å². The molecule has 0 aliphatic carbocycles. The predicted octanol–water partition coefficient (Wildman–Crippen LogP) is 3.97. The first-order valence-corrected chi connectivity index (χ1v) is 7.32. The molecule has 5 heteroatoms. The van der Waals surface area contributed by atoms with Crippen LogP contribution in [0.2, 0.25) is 0 Å². The maximum absolute atomic E-state index is 12.2. The fraction of sp³-hybridized carbons (Fsp3) is 0.538. The first-order chi connectivity index (χ1) is 8.34. The molecule has 0 saturated carbocycles. The maximum Gasteiger partial charge on any atom is 0.259 e. The van der Waals surface area contributed by atoms with Gasteiger partial charge in [-0.2, -0.15) is 0 Å². The third-order valence-corrected chi connectivity index (χ3v) is 4.31. The molecule has 0 aliphatic rings. The van der Waals surface area contributed by atoms with E-state index in [1.165, 1.54) is 11.3 Å². The van der Waals surface area contributed by atoms with Crippen molar-refractivity contribution >= 4 is 33.2 Å². The maximum atomic E-state index is 12.2. The first kappa shape index (κ1) is 13.6. The Hall–Kier alpha value is -0.870. The van der Waals surface area contributed by atoms with E-state index in [1.54, 1.807) is 0 Å². The van der Waals surface area contributed by atoms with E-state index < -0.39 is 0 Å². The summed E-state index contributed by atoms with van der Waals surface area (Å²) in [6.45, 7) is 8.26. The Balaban J connectivity index is 2.69. The van der Waals surface area contributed by atoms with Crippen molar-refractivity contribution in [1.29, 1.82) is 0 Å². The summed E-state index contributed by atoms with van der Waals surface area (Å²) in [5.41, 5.74) is 0.908. The molecule has 18 heavy (non-hydrogen) atoms. The third kappa shape index (κ3) is 2.31. The summed E-state index contributed by atoms with van der Waals surface area (Å²) >= 11 is 7.64. The van der Waals surface area contributed by atoms with Crippen LogP contribution < -0.4 is 5.56 Å². The highest BCUT2D eigenvalue weighted by Gasteiger charge is 2.22. The molecule has 1 N–H and O–H groups in total. The molecule has 0 aliphatic heterocycles. The number of halogens is 1. The van der Waals surface area contributed by atoms with E-state index in [-0.39, 0.29) is 16.4 Å². The normalized spacial score (nSPS) is 14.1. The van der Waals surface area contributed by atoms with Crippen molar-refractivity contribution in [3.8, 4) is 0 Å². The molecule has 98 valence electrons. The number of hydrogen-bond donors (Lipinski definition) is 1. The standard InChI is InChI=1S/C13H17ClN2OS/c1-5-8(14)10-15-11(17)9-7(13(2,3)4)6-18-12(9)16-10/h6,8H,5H2,1-4H3,(H,15,16,17). The molecule has 3 nitrogen and oxygen atoms in total. The minimum absolute atomic E-state index is 0.0560. The van der Waals surface area contributed by atoms with E-state index in [2.05, 4.69) is 30.7 Å². The molecular weight excluding hydrogens is 268 g/mol. The Labute approximate surface area is 115 Å². The van der Waals surface area contributed by atoms with E-state index in [9.17, 15) is 4.79 Å². The molecule has 1 unspecified atom stereocenters. The van der Waals surface area contributed by atoms with Crippen molar-refractivity contribution < 1.29 is 0 Å². The zero-order valence-electron chi connectivity index (χ0n) is 11.0. The Morgan fingerprint density at radius 2 is 2.17 bits per heavy atom. The van der Waals surface area contributed by atoms with E-state index in [0.717, 1.165) is 16.8 Å². The Kier molecular flexibility index (Phi) is 3.52. The second kappa shape index (κ2) is 4.67. The van der Waals surface area contributed by atoms with Gasteiger partial charge < -0.3 is 4.98 Å². The lowest BCUT2D eigenvalue weighted by molar-refractivity contribution is 0.597. The molecule has 0 saturated heterocycles. The van der Waals surface area contributed by atoms with Crippen LogP contribution in [0.3, 0.4) is 0 Å². The number of rotatable bonds is 2. The van der Waals surface area contributed by atoms with Crippen molar-refractivity contribution in [2.75, 3.05) is 0 Å². The largest absolute Gasteiger partial charge is 0.309 e. The molecule has 0 radical (unpaired) electrons. The molecule has 0 aromatic carbocycles. The number of fused-ring (bicyclic) bond motifs is 1. The average molecular weight is 285 g/mol. The summed E-state index contributed by atoms with van der Waals surface area (Å²) in [6, 6.07) is 0. The summed E-state index contributed by atoms with van der Waals surface area (Å²) < 4.78 is 0. The van der Waals surface area contributed by atoms with Crippen LogP contribution in [0.15, 0.2) is 10.2 Å². The topological polar surface area (TPSA) is 45.8 Å². The number of aromatic nitrogens is 2. The van der Waals surface area contributed by atoms with E-state index >= 15 is 0 Å². The third-order valence-electron chi connectivity index (χ3n) is 2.93. The van der Waals surface area contributed by atoms with Gasteiger partial charge in [-0.15, -0.1) is 22.9 Å². The summed E-state index contributed by atoms with van der Waals surface area (Å²) in [7, 11) is 0. The van der Waals surface area contributed by atoms with E-state index in [4.69, 9.17) is 11.6 Å². The SMILES string of the molecule is CCC(Cl)c1nc2scc(C(C)(C)C)c2c(=O)[nH]1. The molecule has 2 rings (SSSR count). The molecule has 2 heterocycles. The minimum atomic E-state index is -0.234. The van der Waals surface area contributed by atoms with Crippen LogP contribution in [0.4, 0.5) is 0 Å². The van der Waals surface area contributed by atoms with Crippen LogP contribution in [-0.4, -0.2) is 9.97 Å². The summed E-state index contributed by atoms with van der Waals surface area (Å²) in [5, 5.41) is 2.49. The Bertz CT molecular complexity index is 624. The zero-order valence-corrected chi connectivity index (χ0v) is 12.6. The van der Waals surface area contributed by atoms with Crippen LogP contribution in [0.1, 0.15) is 50.9 Å². The molecular formula is C13H17ClN2OS. The zero-order chi connectivity index (χ0) is 13.5. The molecule has 0 spiro atoms. The van der Waals surface area contributed by atoms with E-state index in [1.807, 2.05) is 12.3 Å². The molecule has 2 aromatic rings. The summed E-state index contributed by atoms with van der Waals surface area (Å²) in [6.07, 6.45) is 0.744. The smallest absolute Gasteiger partial charge is 0.259 e. The highest BCUT2D eigenvalue weighted by Crippen LogP contribution is 2.32. The number of nitrogens with one attached hydrogen (secondary N) is 1. The monoisotopic (exact) mass is 284 g/mol. The highest BCUT2D eigenvalue weighted by molar-refractivity contribution is 7.16. The fourth-order valence-electron chi connectivity index (χ4n) is 1.86. The Morgan fingerprint density at radius 3 is 2.72 bits per heavy atom. The van der Waals surface area contributed by atoms with Crippen molar-refractivity contribution in [3.63, 3.8) is 0 Å². The van der Waals surface area contributed by atoms with Gasteiger partial charge in [-0.05, 0) is 22.8 Å². The first-order valence-electron chi connectivity index (χ1n) is 6.00. The predicted molar refractivity (Wildman–Crippen MR) is 77.8 cm³/mol. The van der Waals surface area contributed by atoms with Crippen molar-refractivity contribution in [1.82, 2.24) is 9.97 Å². The number of alkyl halides is 1. The van der Waals surface area contributed by atoms with Gasteiger partial charge in [-0.3, -0.25) is 4.79 Å². The van der Waals surface area contributed by atoms with Crippen LogP contribution >= 0.6 is 22.9 Å². The Morgan fingerprint density at radius 1 is 1.50 bits per heavy atom. The lowest BCUT2D eigenvalue weighted by Crippen LogP contribution is -2.17. The number of aromatic amines is 1. The second-order valence-corrected chi connectivity index (χ2v) is 6.79. The minimum Gasteiger partial charge on any atom is -0.309 e. The van der Waals surface area contributed by atoms with Gasteiger partial charge in [-0.25, -0.2) is 4.98 Å². The van der Waals surface area contributed by atoms with Gasteiger partial charge in [0.15, 0.2) is 0 Å². The van der Waals surface area contributed by atoms with Gasteiger partial charge in [0, 0.05) is 0 Å². The van der Waals surface area contributed by atoms with Gasteiger partial charge in [0.1, 0.15) is 10.7 Å². The lowest BCUT2D eigenvalue weighted by Gasteiger charge is -2.17. The van der Waals surface area contributed by atoms with Crippen LogP contribution in [0, 0.1) is 0 Å². The second-order valence-electron chi connectivity index (χ2n) is 5.41. The molecule has 2 aromatic heterocycles. The highest BCUT2D eigenvalue weighted by atomic mass is 35.5. The molecule has 1 atom stereocenters. The summed E-state index contributed by atoms with van der Waals surface area (Å²) in [5.74, 6) is 0.568. The van der Waals surface area contributed by atoms with Crippen molar-refractivity contribution in [3.05, 3.63) is 27.1 Å². The number of nitrogens with zero attached hydrogens (tertiary/aromatic N) is 1. The summed E-state index contributed by atoms with van der Waals surface area (Å²) in [4.78, 5) is 20.3. The van der Waals surface area contributed by atoms with Gasteiger partial charge >= 0.3 is 0 Å². The molecule has 0 bridgehead atoms. The van der Waals surface area contributed by atoms with E-state index in [0.29, 0.717) is 11.2 Å². The van der Waals surface area contributed by atoms with Crippen LogP contribution in [0.5, 0.6) is 0 Å². The number of hydrogen-bond acceptors (Lipinski definition) is 3. The quantitative estimate of drug-likeness (QED) is 0.848. The van der Waals surface area contributed by atoms with Gasteiger partial charge in [0.25, 0.3) is 5.56 Å². The average Bonchev–Trinajstić information content (AvgIpc) is 2.71. The van der Waals surface area contributed by atoms with Crippen molar-refractivity contribution in [2.24, 2.45) is 0 Å². The van der Waals surface area contributed by atoms with Crippen LogP contribution in [-0.2, 0) is 5.41 Å². The van der Waals surface area contributed by atoms with Crippen LogP contribution in [0.25, 0.3) is 10.2 Å². The molecule has 0 fully saturated rings.